The topological polar surface area (TPSA) is 92.5 Å². The Bertz CT molecular complexity index is 731. The van der Waals surface area contributed by atoms with E-state index in [0.29, 0.717) is 21.4 Å². The quantitative estimate of drug-likeness (QED) is 0.639. The van der Waals surface area contributed by atoms with Crippen LogP contribution in [0.5, 0.6) is 0 Å². The predicted octanol–water partition coefficient (Wildman–Crippen LogP) is 4.11. The van der Waals surface area contributed by atoms with Crippen LogP contribution < -0.4 is 5.32 Å². The molecule has 0 radical (unpaired) electrons. The van der Waals surface area contributed by atoms with Crippen LogP contribution in [-0.2, 0) is 0 Å². The van der Waals surface area contributed by atoms with Crippen molar-refractivity contribution in [3.05, 3.63) is 62.1 Å². The molecule has 0 aliphatic carbocycles. The lowest BCUT2D eigenvalue weighted by atomic mass is 10.1. The van der Waals surface area contributed by atoms with Crippen molar-refractivity contribution in [1.82, 2.24) is 0 Å². The van der Waals surface area contributed by atoms with Crippen LogP contribution in [0.15, 0.2) is 40.9 Å². The molecule has 108 valence electrons. The largest absolute Gasteiger partial charge is 0.478 e. The number of benzene rings is 2. The molecule has 21 heavy (non-hydrogen) atoms. The van der Waals surface area contributed by atoms with Crippen LogP contribution in [0, 0.1) is 17.0 Å². The molecule has 2 N–H and O–H groups in total. The maximum atomic E-state index is 11.1. The Kier molecular flexibility index (Phi) is 4.23. The molecule has 0 saturated carbocycles. The zero-order chi connectivity index (χ0) is 15.6. The van der Waals surface area contributed by atoms with Gasteiger partial charge in [0.25, 0.3) is 5.69 Å². The fraction of sp³-hybridized carbons (Fsp3) is 0.0714. The van der Waals surface area contributed by atoms with E-state index < -0.39 is 10.9 Å². The van der Waals surface area contributed by atoms with Crippen LogP contribution in [-0.4, -0.2) is 16.0 Å². The Balaban J connectivity index is 2.41. The van der Waals surface area contributed by atoms with Gasteiger partial charge in [-0.2, -0.15) is 0 Å². The number of carbonyl (C=O) groups is 1. The Hall–Kier alpha value is -2.41. The fourth-order valence-electron chi connectivity index (χ4n) is 1.85. The molecule has 0 unspecified atom stereocenters. The van der Waals surface area contributed by atoms with E-state index >= 15 is 0 Å². The van der Waals surface area contributed by atoms with Gasteiger partial charge in [-0.15, -0.1) is 0 Å². The highest BCUT2D eigenvalue weighted by molar-refractivity contribution is 9.10. The van der Waals surface area contributed by atoms with Gasteiger partial charge in [-0.25, -0.2) is 4.79 Å². The molecule has 0 atom stereocenters. The number of anilines is 2. The van der Waals surface area contributed by atoms with Crippen molar-refractivity contribution < 1.29 is 14.8 Å². The second-order valence-electron chi connectivity index (χ2n) is 4.38. The molecule has 0 fully saturated rings. The van der Waals surface area contributed by atoms with Crippen LogP contribution >= 0.6 is 15.9 Å². The lowest BCUT2D eigenvalue weighted by Gasteiger charge is -2.09. The van der Waals surface area contributed by atoms with Crippen LogP contribution in [0.25, 0.3) is 0 Å². The van der Waals surface area contributed by atoms with Gasteiger partial charge in [-0.05, 0) is 36.8 Å². The van der Waals surface area contributed by atoms with Crippen molar-refractivity contribution in [3.63, 3.8) is 0 Å². The van der Waals surface area contributed by atoms with E-state index in [1.807, 2.05) is 0 Å². The number of nitro benzene ring substituents is 1. The van der Waals surface area contributed by atoms with E-state index in [1.165, 1.54) is 12.1 Å². The molecule has 0 heterocycles. The molecule has 0 spiro atoms. The summed E-state index contributed by atoms with van der Waals surface area (Å²) < 4.78 is 0.592. The standard InChI is InChI=1S/C14H11BrN2O4/c1-8-2-4-10(7-11(8)14(18)19)16-12-5-3-9(15)6-13(12)17(20)21/h2-7,16H,1H3,(H,18,19). The Labute approximate surface area is 128 Å². The first kappa shape index (κ1) is 15.0. The van der Waals surface area contributed by atoms with E-state index in [2.05, 4.69) is 21.2 Å². The number of carboxylic acid groups (broad SMARTS) is 1. The molecule has 6 nitrogen and oxygen atoms in total. The fourth-order valence-corrected chi connectivity index (χ4v) is 2.20. The number of halogens is 1. The first-order chi connectivity index (χ1) is 9.88. The normalized spacial score (nSPS) is 10.2. The summed E-state index contributed by atoms with van der Waals surface area (Å²) in [7, 11) is 0. The van der Waals surface area contributed by atoms with Crippen molar-refractivity contribution in [2.75, 3.05) is 5.32 Å². The van der Waals surface area contributed by atoms with Gasteiger partial charge in [0.15, 0.2) is 0 Å². The lowest BCUT2D eigenvalue weighted by Crippen LogP contribution is -2.02. The van der Waals surface area contributed by atoms with Gasteiger partial charge >= 0.3 is 5.97 Å². The number of nitrogens with zero attached hydrogens (tertiary/aromatic N) is 1. The summed E-state index contributed by atoms with van der Waals surface area (Å²) >= 11 is 3.18. The summed E-state index contributed by atoms with van der Waals surface area (Å²) in [6.07, 6.45) is 0. The molecule has 0 amide bonds. The summed E-state index contributed by atoms with van der Waals surface area (Å²) in [4.78, 5) is 21.6. The number of rotatable bonds is 4. The van der Waals surface area contributed by atoms with Crippen LogP contribution in [0.3, 0.4) is 0 Å². The minimum absolute atomic E-state index is 0.0955. The SMILES string of the molecule is Cc1ccc(Nc2ccc(Br)cc2[N+](=O)[O-])cc1C(=O)O. The van der Waals surface area contributed by atoms with E-state index in [0.717, 1.165) is 0 Å². The van der Waals surface area contributed by atoms with Gasteiger partial charge in [0.05, 0.1) is 10.5 Å². The summed E-state index contributed by atoms with van der Waals surface area (Å²) in [6, 6.07) is 9.38. The minimum atomic E-state index is -1.04. The van der Waals surface area contributed by atoms with Crippen LogP contribution in [0.4, 0.5) is 17.1 Å². The molecule has 0 saturated heterocycles. The second kappa shape index (κ2) is 5.92. The molecule has 0 bridgehead atoms. The first-order valence-corrected chi connectivity index (χ1v) is 6.72. The summed E-state index contributed by atoms with van der Waals surface area (Å²) in [5, 5.41) is 23.0. The number of nitrogens with one attached hydrogen (secondary N) is 1. The number of aryl methyl sites for hydroxylation is 1. The number of nitro groups is 1. The molecule has 0 aliphatic heterocycles. The molecule has 2 rings (SSSR count). The highest BCUT2D eigenvalue weighted by Crippen LogP contribution is 2.31. The maximum absolute atomic E-state index is 11.1. The van der Waals surface area contributed by atoms with E-state index in [9.17, 15) is 14.9 Å². The van der Waals surface area contributed by atoms with Crippen molar-refractivity contribution in [1.29, 1.82) is 0 Å². The third kappa shape index (κ3) is 3.38. The van der Waals surface area contributed by atoms with E-state index in [1.54, 1.807) is 31.2 Å². The van der Waals surface area contributed by atoms with Gasteiger partial charge in [-0.3, -0.25) is 10.1 Å². The highest BCUT2D eigenvalue weighted by Gasteiger charge is 2.15. The maximum Gasteiger partial charge on any atom is 0.336 e. The summed E-state index contributed by atoms with van der Waals surface area (Å²) in [6.45, 7) is 1.69. The van der Waals surface area contributed by atoms with Crippen molar-refractivity contribution in [3.8, 4) is 0 Å². The number of hydrogen-bond acceptors (Lipinski definition) is 4. The lowest BCUT2D eigenvalue weighted by molar-refractivity contribution is -0.384. The molecule has 0 aromatic heterocycles. The molecule has 2 aromatic rings. The van der Waals surface area contributed by atoms with Gasteiger partial charge < -0.3 is 10.4 Å². The second-order valence-corrected chi connectivity index (χ2v) is 5.29. The minimum Gasteiger partial charge on any atom is -0.478 e. The molecular weight excluding hydrogens is 340 g/mol. The smallest absolute Gasteiger partial charge is 0.336 e. The highest BCUT2D eigenvalue weighted by atomic mass is 79.9. The van der Waals surface area contributed by atoms with Gasteiger partial charge in [0.2, 0.25) is 0 Å². The van der Waals surface area contributed by atoms with E-state index in [-0.39, 0.29) is 11.3 Å². The van der Waals surface area contributed by atoms with Crippen LogP contribution in [0.1, 0.15) is 15.9 Å². The van der Waals surface area contributed by atoms with Crippen LogP contribution in [0.2, 0.25) is 0 Å². The zero-order valence-corrected chi connectivity index (χ0v) is 12.5. The van der Waals surface area contributed by atoms with Gasteiger partial charge in [0.1, 0.15) is 5.69 Å². The third-order valence-corrected chi connectivity index (χ3v) is 3.40. The third-order valence-electron chi connectivity index (χ3n) is 2.90. The average molecular weight is 351 g/mol. The van der Waals surface area contributed by atoms with E-state index in [4.69, 9.17) is 5.11 Å². The van der Waals surface area contributed by atoms with Crippen molar-refractivity contribution in [2.45, 2.75) is 6.92 Å². The number of aromatic carboxylic acids is 1. The Morgan fingerprint density at radius 2 is 2.00 bits per heavy atom. The predicted molar refractivity (Wildman–Crippen MR) is 82.2 cm³/mol. The van der Waals surface area contributed by atoms with Crippen molar-refractivity contribution >= 4 is 39.0 Å². The monoisotopic (exact) mass is 350 g/mol. The number of hydrogen-bond donors (Lipinski definition) is 2. The summed E-state index contributed by atoms with van der Waals surface area (Å²) in [5.74, 6) is -1.04. The average Bonchev–Trinajstić information content (AvgIpc) is 2.42. The van der Waals surface area contributed by atoms with Gasteiger partial charge in [-0.1, -0.05) is 22.0 Å². The first-order valence-electron chi connectivity index (χ1n) is 5.93. The zero-order valence-electron chi connectivity index (χ0n) is 11.0. The van der Waals surface area contributed by atoms with Gasteiger partial charge in [0, 0.05) is 16.2 Å². The number of carboxylic acids is 1. The molecule has 7 heteroatoms. The molecule has 2 aromatic carbocycles. The molecule has 0 aliphatic rings. The summed E-state index contributed by atoms with van der Waals surface area (Å²) in [5.41, 5.74) is 1.45. The van der Waals surface area contributed by atoms with Crippen molar-refractivity contribution in [2.24, 2.45) is 0 Å². The Morgan fingerprint density at radius 3 is 2.62 bits per heavy atom. The molecular formula is C14H11BrN2O4. The Morgan fingerprint density at radius 1 is 1.29 bits per heavy atom.